The van der Waals surface area contributed by atoms with E-state index in [1.165, 1.54) is 24.0 Å². The van der Waals surface area contributed by atoms with E-state index in [9.17, 15) is 9.59 Å². The van der Waals surface area contributed by atoms with E-state index in [0.717, 1.165) is 77.6 Å². The smallest absolute Gasteiger partial charge is 0.130 e. The highest BCUT2D eigenvalue weighted by Crippen LogP contribution is 2.44. The zero-order valence-electron chi connectivity index (χ0n) is 26.2. The summed E-state index contributed by atoms with van der Waals surface area (Å²) in [6.07, 6.45) is 15.5. The van der Waals surface area contributed by atoms with E-state index in [0.29, 0.717) is 31.6 Å². The Labute approximate surface area is 252 Å². The van der Waals surface area contributed by atoms with E-state index in [-0.39, 0.29) is 11.6 Å². The second-order valence-corrected chi connectivity index (χ2v) is 12.6. The molecular weight excluding hydrogens is 532 g/mol. The van der Waals surface area contributed by atoms with Gasteiger partial charge in [-0.25, -0.2) is 0 Å². The summed E-state index contributed by atoms with van der Waals surface area (Å²) >= 11 is 0. The number of aromatic nitrogens is 4. The van der Waals surface area contributed by atoms with Gasteiger partial charge in [-0.15, -0.1) is 0 Å². The molecule has 4 N–H and O–H groups in total. The molecule has 4 aromatic heterocycles. The lowest BCUT2D eigenvalue weighted by Crippen LogP contribution is -2.13. The molecule has 222 valence electrons. The third-order valence-corrected chi connectivity index (χ3v) is 9.44. The first kappa shape index (κ1) is 28.8. The van der Waals surface area contributed by atoms with Gasteiger partial charge in [-0.3, -0.25) is 0 Å². The number of ketones is 2. The third-order valence-electron chi connectivity index (χ3n) is 9.44. The number of nitrogens with one attached hydrogen (secondary N) is 4. The largest absolute Gasteiger partial charge is 0.355 e. The number of Topliss-reactive ketones (excluding diaryl/α,β-unsaturated/α-hetero) is 2. The number of carbonyl (C=O) groups excluding carboxylic acids is 2. The van der Waals surface area contributed by atoms with Gasteiger partial charge in [0, 0.05) is 62.6 Å². The van der Waals surface area contributed by atoms with Gasteiger partial charge >= 0.3 is 0 Å². The second-order valence-electron chi connectivity index (χ2n) is 12.6. The molecule has 0 saturated heterocycles. The molecular formula is C37H42N4O2. The number of rotatable bonds is 8. The molecule has 4 aromatic rings. The summed E-state index contributed by atoms with van der Waals surface area (Å²) in [5.41, 5.74) is 13.8. The summed E-state index contributed by atoms with van der Waals surface area (Å²) in [6, 6.07) is 0. The molecule has 6 heteroatoms. The van der Waals surface area contributed by atoms with Gasteiger partial charge in [0.05, 0.1) is 0 Å². The fourth-order valence-corrected chi connectivity index (χ4v) is 6.70. The first-order chi connectivity index (χ1) is 20.5. The predicted octanol–water partition coefficient (Wildman–Crippen LogP) is 4.42. The van der Waals surface area contributed by atoms with Crippen LogP contribution in [-0.2, 0) is 22.4 Å². The molecule has 0 atom stereocenters. The average Bonchev–Trinajstić information content (AvgIpc) is 3.50. The average molecular weight is 575 g/mol. The maximum atomic E-state index is 12.0. The monoisotopic (exact) mass is 574 g/mol. The standard InChI is InChI=1S/C37H42N4O2/c1-8-26-21(4)31-17-36-37(25-11-12-25)24(7)32(41-36)15-29-22(5)27(13-9-19(2)42)34(39-29)18-35-28(14-10-20(3)43)23(6)30(40-35)16-33(26)38-31/h8,15-18,25,38-41H,1,9-14H2,2-7H3. The summed E-state index contributed by atoms with van der Waals surface area (Å²) < 4.78 is 0. The summed E-state index contributed by atoms with van der Waals surface area (Å²) in [4.78, 5) is 39.0. The first-order valence-corrected chi connectivity index (χ1v) is 15.4. The van der Waals surface area contributed by atoms with E-state index in [4.69, 9.17) is 0 Å². The fourth-order valence-electron chi connectivity index (χ4n) is 6.70. The molecule has 5 heterocycles. The van der Waals surface area contributed by atoms with Crippen LogP contribution in [0.4, 0.5) is 0 Å². The lowest BCUT2D eigenvalue weighted by Gasteiger charge is -2.02. The Morgan fingerprint density at radius 3 is 1.86 bits per heavy atom. The van der Waals surface area contributed by atoms with Crippen molar-refractivity contribution in [3.8, 4) is 0 Å². The van der Waals surface area contributed by atoms with Crippen LogP contribution in [0.25, 0.3) is 30.4 Å². The Balaban J connectivity index is 1.71. The van der Waals surface area contributed by atoms with Crippen molar-refractivity contribution in [1.82, 2.24) is 19.9 Å². The maximum Gasteiger partial charge on any atom is 0.130 e. The van der Waals surface area contributed by atoms with Gasteiger partial charge in [0.25, 0.3) is 0 Å². The Morgan fingerprint density at radius 2 is 1.21 bits per heavy atom. The Morgan fingerprint density at radius 1 is 0.674 bits per heavy atom. The summed E-state index contributed by atoms with van der Waals surface area (Å²) in [5.74, 6) is 0.934. The van der Waals surface area contributed by atoms with Crippen molar-refractivity contribution in [1.29, 1.82) is 0 Å². The molecule has 8 bridgehead atoms. The molecule has 0 aromatic carbocycles. The SMILES string of the molecule is C=Cc1c(C)c2[nH]c1=Cc1[nH]c(c(CCC(C)=O)c1C)C=c1[nH]c(c(C)c1CCC(C)=O)=Cc1[nH]c(c(C3CC3)c1C)C=2. The normalized spacial score (nSPS) is 14.0. The van der Waals surface area contributed by atoms with Crippen LogP contribution >= 0.6 is 0 Å². The molecule has 1 aliphatic carbocycles. The van der Waals surface area contributed by atoms with Crippen molar-refractivity contribution in [2.24, 2.45) is 0 Å². The Bertz CT molecular complexity index is 2050. The lowest BCUT2D eigenvalue weighted by molar-refractivity contribution is -0.117. The summed E-state index contributed by atoms with van der Waals surface area (Å²) in [6.45, 7) is 16.1. The topological polar surface area (TPSA) is 97.3 Å². The molecule has 0 amide bonds. The number of aromatic amines is 4. The first-order valence-electron chi connectivity index (χ1n) is 15.4. The lowest BCUT2D eigenvalue weighted by atomic mass is 10.0. The minimum absolute atomic E-state index is 0.172. The predicted molar refractivity (Wildman–Crippen MR) is 175 cm³/mol. The zero-order valence-corrected chi connectivity index (χ0v) is 26.2. The van der Waals surface area contributed by atoms with Crippen LogP contribution < -0.4 is 21.4 Å². The van der Waals surface area contributed by atoms with E-state index >= 15 is 0 Å². The molecule has 0 spiro atoms. The van der Waals surface area contributed by atoms with Crippen molar-refractivity contribution in [2.45, 2.75) is 86.0 Å². The number of carbonyl (C=O) groups is 2. The fraction of sp³-hybridized carbons (Fsp3) is 0.351. The van der Waals surface area contributed by atoms with E-state index in [1.54, 1.807) is 13.8 Å². The van der Waals surface area contributed by atoms with Gasteiger partial charge in [0.1, 0.15) is 11.6 Å². The van der Waals surface area contributed by atoms with Crippen LogP contribution in [0.15, 0.2) is 6.58 Å². The molecule has 2 aliphatic rings. The van der Waals surface area contributed by atoms with Gasteiger partial charge in [-0.1, -0.05) is 12.7 Å². The number of H-pyrrole nitrogens is 4. The van der Waals surface area contributed by atoms with Crippen molar-refractivity contribution in [2.75, 3.05) is 0 Å². The number of hydrogen-bond donors (Lipinski definition) is 4. The molecule has 1 aliphatic heterocycles. The highest BCUT2D eigenvalue weighted by molar-refractivity contribution is 5.77. The molecule has 0 radical (unpaired) electrons. The van der Waals surface area contributed by atoms with Gasteiger partial charge in [0.15, 0.2) is 0 Å². The van der Waals surface area contributed by atoms with Crippen LogP contribution in [0, 0.1) is 27.7 Å². The molecule has 1 saturated carbocycles. The van der Waals surface area contributed by atoms with Crippen LogP contribution in [0.5, 0.6) is 0 Å². The van der Waals surface area contributed by atoms with Crippen LogP contribution in [0.1, 0.15) is 113 Å². The Hall–Kier alpha value is -4.32. The van der Waals surface area contributed by atoms with Crippen molar-refractivity contribution in [3.05, 3.63) is 95.3 Å². The van der Waals surface area contributed by atoms with Gasteiger partial charge in [-0.2, -0.15) is 0 Å². The quantitative estimate of drug-likeness (QED) is 0.221. The van der Waals surface area contributed by atoms with E-state index in [1.807, 2.05) is 6.08 Å². The van der Waals surface area contributed by atoms with Gasteiger partial charge in [0.2, 0.25) is 0 Å². The number of hydrogen-bond acceptors (Lipinski definition) is 2. The molecule has 0 unspecified atom stereocenters. The van der Waals surface area contributed by atoms with Crippen LogP contribution in [0.2, 0.25) is 0 Å². The molecule has 43 heavy (non-hydrogen) atoms. The third kappa shape index (κ3) is 5.35. The van der Waals surface area contributed by atoms with Crippen LogP contribution in [0.3, 0.4) is 0 Å². The van der Waals surface area contributed by atoms with Crippen molar-refractivity contribution in [3.63, 3.8) is 0 Å². The van der Waals surface area contributed by atoms with E-state index < -0.39 is 0 Å². The van der Waals surface area contributed by atoms with Crippen LogP contribution in [-0.4, -0.2) is 31.5 Å². The number of fused-ring (bicyclic) bond motifs is 8. The maximum absolute atomic E-state index is 12.0. The zero-order chi connectivity index (χ0) is 30.6. The van der Waals surface area contributed by atoms with Gasteiger partial charge in [-0.05, 0) is 136 Å². The minimum Gasteiger partial charge on any atom is -0.355 e. The molecule has 6 rings (SSSR count). The molecule has 6 nitrogen and oxygen atoms in total. The highest BCUT2D eigenvalue weighted by atomic mass is 16.1. The second kappa shape index (κ2) is 11.1. The Kier molecular flexibility index (Phi) is 7.41. The van der Waals surface area contributed by atoms with Crippen molar-refractivity contribution < 1.29 is 9.59 Å². The highest BCUT2D eigenvalue weighted by Gasteiger charge is 2.29. The minimum atomic E-state index is 0.172. The summed E-state index contributed by atoms with van der Waals surface area (Å²) in [5, 5.41) is 4.11. The molecule has 1 fully saturated rings. The van der Waals surface area contributed by atoms with Gasteiger partial charge < -0.3 is 29.5 Å². The van der Waals surface area contributed by atoms with Crippen molar-refractivity contribution >= 4 is 41.9 Å². The van der Waals surface area contributed by atoms with E-state index in [2.05, 4.69) is 78.5 Å². The summed E-state index contributed by atoms with van der Waals surface area (Å²) in [7, 11) is 0.